The predicted molar refractivity (Wildman–Crippen MR) is 55.9 cm³/mol. The van der Waals surface area contributed by atoms with Gasteiger partial charge in [-0.15, -0.1) is 0 Å². The lowest BCUT2D eigenvalue weighted by Crippen LogP contribution is -2.60. The van der Waals surface area contributed by atoms with Crippen LogP contribution >= 0.6 is 0 Å². The van der Waals surface area contributed by atoms with Crippen LogP contribution in [0, 0.1) is 0 Å². The maximum atomic E-state index is 11.2. The Balaban J connectivity index is 2.62. The molecule has 1 aliphatic rings. The molecule has 0 unspecified atom stereocenters. The molecule has 0 aromatic rings. The SMILES string of the molecule is CCC(=O)N[C@H]1CO[C@H](CO)[C@H](O)[C@@H]1OC. The lowest BCUT2D eigenvalue weighted by molar-refractivity contribution is -0.172. The van der Waals surface area contributed by atoms with Gasteiger partial charge in [0.05, 0.1) is 19.3 Å². The lowest BCUT2D eigenvalue weighted by atomic mass is 9.98. The van der Waals surface area contributed by atoms with Crippen molar-refractivity contribution in [3.63, 3.8) is 0 Å². The molecule has 0 aromatic heterocycles. The van der Waals surface area contributed by atoms with Crippen LogP contribution in [0.2, 0.25) is 0 Å². The molecule has 3 N–H and O–H groups in total. The fourth-order valence-corrected chi connectivity index (χ4v) is 1.77. The molecule has 4 atom stereocenters. The highest BCUT2D eigenvalue weighted by Crippen LogP contribution is 2.17. The van der Waals surface area contributed by atoms with Crippen LogP contribution in [0.4, 0.5) is 0 Å². The summed E-state index contributed by atoms with van der Waals surface area (Å²) in [5.74, 6) is -0.120. The molecule has 0 bridgehead atoms. The Bertz CT molecular complexity index is 235. The number of hydrogen-bond donors (Lipinski definition) is 3. The van der Waals surface area contributed by atoms with Crippen LogP contribution in [0.25, 0.3) is 0 Å². The van der Waals surface area contributed by atoms with Gasteiger partial charge in [-0.3, -0.25) is 4.79 Å². The molecule has 0 aromatic carbocycles. The van der Waals surface area contributed by atoms with Gasteiger partial charge < -0.3 is 25.0 Å². The number of amides is 1. The van der Waals surface area contributed by atoms with Crippen LogP contribution in [0.1, 0.15) is 13.3 Å². The van der Waals surface area contributed by atoms with Crippen LogP contribution in [0.5, 0.6) is 0 Å². The summed E-state index contributed by atoms with van der Waals surface area (Å²) >= 11 is 0. The van der Waals surface area contributed by atoms with E-state index < -0.39 is 18.3 Å². The Morgan fingerprint density at radius 3 is 2.81 bits per heavy atom. The molecule has 0 spiro atoms. The smallest absolute Gasteiger partial charge is 0.220 e. The number of aliphatic hydroxyl groups is 2. The van der Waals surface area contributed by atoms with Gasteiger partial charge in [-0.2, -0.15) is 0 Å². The summed E-state index contributed by atoms with van der Waals surface area (Å²) in [6.45, 7) is 1.70. The Morgan fingerprint density at radius 2 is 2.31 bits per heavy atom. The number of nitrogens with one attached hydrogen (secondary N) is 1. The minimum absolute atomic E-state index is 0.120. The second-order valence-corrected chi connectivity index (χ2v) is 3.77. The van der Waals surface area contributed by atoms with Gasteiger partial charge in [-0.05, 0) is 0 Å². The van der Waals surface area contributed by atoms with Crippen molar-refractivity contribution in [3.8, 4) is 0 Å². The zero-order valence-corrected chi connectivity index (χ0v) is 9.55. The summed E-state index contributed by atoms with van der Waals surface area (Å²) in [4.78, 5) is 11.2. The minimum Gasteiger partial charge on any atom is -0.394 e. The van der Waals surface area contributed by atoms with Crippen LogP contribution in [-0.4, -0.2) is 60.8 Å². The third-order valence-corrected chi connectivity index (χ3v) is 2.72. The molecular formula is C10H19NO5. The molecule has 16 heavy (non-hydrogen) atoms. The summed E-state index contributed by atoms with van der Waals surface area (Å²) < 4.78 is 10.4. The summed E-state index contributed by atoms with van der Waals surface area (Å²) in [7, 11) is 1.46. The van der Waals surface area contributed by atoms with E-state index in [-0.39, 0.29) is 25.2 Å². The van der Waals surface area contributed by atoms with Crippen molar-refractivity contribution in [3.05, 3.63) is 0 Å². The third-order valence-electron chi connectivity index (χ3n) is 2.72. The predicted octanol–water partition coefficient (Wildman–Crippen LogP) is -1.35. The molecule has 1 saturated heterocycles. The molecule has 1 heterocycles. The zero-order chi connectivity index (χ0) is 12.1. The summed E-state index contributed by atoms with van der Waals surface area (Å²) in [5, 5.41) is 21.5. The minimum atomic E-state index is -0.939. The van der Waals surface area contributed by atoms with Crippen molar-refractivity contribution in [1.29, 1.82) is 0 Å². The largest absolute Gasteiger partial charge is 0.394 e. The summed E-state index contributed by atoms with van der Waals surface area (Å²) in [5.41, 5.74) is 0. The van der Waals surface area contributed by atoms with Crippen LogP contribution in [0.15, 0.2) is 0 Å². The van der Waals surface area contributed by atoms with Gasteiger partial charge in [0.25, 0.3) is 0 Å². The van der Waals surface area contributed by atoms with E-state index in [0.29, 0.717) is 6.42 Å². The Labute approximate surface area is 94.5 Å². The summed E-state index contributed by atoms with van der Waals surface area (Å²) in [6.07, 6.45) is -1.78. The van der Waals surface area contributed by atoms with Crippen molar-refractivity contribution in [2.45, 2.75) is 37.7 Å². The Kier molecular flexibility index (Phi) is 5.14. The van der Waals surface area contributed by atoms with Gasteiger partial charge in [0.2, 0.25) is 5.91 Å². The van der Waals surface area contributed by atoms with Crippen molar-refractivity contribution < 1.29 is 24.5 Å². The van der Waals surface area contributed by atoms with E-state index in [9.17, 15) is 9.90 Å². The van der Waals surface area contributed by atoms with Crippen LogP contribution in [-0.2, 0) is 14.3 Å². The second kappa shape index (κ2) is 6.15. The third kappa shape index (κ3) is 2.91. The van der Waals surface area contributed by atoms with Gasteiger partial charge in [0, 0.05) is 13.5 Å². The van der Waals surface area contributed by atoms with E-state index in [1.54, 1.807) is 6.92 Å². The van der Waals surface area contributed by atoms with Gasteiger partial charge >= 0.3 is 0 Å². The maximum absolute atomic E-state index is 11.2. The molecule has 0 saturated carbocycles. The van der Waals surface area contributed by atoms with Gasteiger partial charge in [0.1, 0.15) is 18.3 Å². The first-order chi connectivity index (χ1) is 7.63. The van der Waals surface area contributed by atoms with Crippen molar-refractivity contribution >= 4 is 5.91 Å². The highest BCUT2D eigenvalue weighted by Gasteiger charge is 2.39. The van der Waals surface area contributed by atoms with Crippen LogP contribution < -0.4 is 5.32 Å². The molecule has 0 radical (unpaired) electrons. The maximum Gasteiger partial charge on any atom is 0.220 e. The number of carbonyl (C=O) groups excluding carboxylic acids is 1. The average Bonchev–Trinajstić information content (AvgIpc) is 2.29. The number of rotatable bonds is 4. The summed E-state index contributed by atoms with van der Waals surface area (Å²) in [6, 6.07) is -0.379. The van der Waals surface area contributed by atoms with E-state index in [0.717, 1.165) is 0 Å². The fraction of sp³-hybridized carbons (Fsp3) is 0.900. The molecule has 6 nitrogen and oxygen atoms in total. The van der Waals surface area contributed by atoms with E-state index in [2.05, 4.69) is 5.32 Å². The normalized spacial score (nSPS) is 34.8. The molecule has 6 heteroatoms. The van der Waals surface area contributed by atoms with E-state index >= 15 is 0 Å². The molecule has 1 aliphatic heterocycles. The lowest BCUT2D eigenvalue weighted by Gasteiger charge is -2.39. The van der Waals surface area contributed by atoms with Crippen molar-refractivity contribution in [2.24, 2.45) is 0 Å². The fourth-order valence-electron chi connectivity index (χ4n) is 1.77. The first-order valence-electron chi connectivity index (χ1n) is 5.36. The van der Waals surface area contributed by atoms with Crippen molar-refractivity contribution in [2.75, 3.05) is 20.3 Å². The van der Waals surface area contributed by atoms with E-state index in [1.807, 2.05) is 0 Å². The Hall–Kier alpha value is -0.690. The van der Waals surface area contributed by atoms with Gasteiger partial charge in [-0.1, -0.05) is 6.92 Å². The standard InChI is InChI=1S/C10H19NO5/c1-3-8(13)11-6-5-16-7(4-12)9(14)10(6)15-2/h6-7,9-10,12,14H,3-5H2,1-2H3,(H,11,13)/t6-,7+,9-,10+/m0/s1. The monoisotopic (exact) mass is 233 g/mol. The van der Waals surface area contributed by atoms with Gasteiger partial charge in [-0.25, -0.2) is 0 Å². The number of ether oxygens (including phenoxy) is 2. The molecule has 1 amide bonds. The highest BCUT2D eigenvalue weighted by molar-refractivity contribution is 5.75. The molecule has 0 aliphatic carbocycles. The quantitative estimate of drug-likeness (QED) is 0.558. The van der Waals surface area contributed by atoms with E-state index in [4.69, 9.17) is 14.6 Å². The number of aliphatic hydroxyl groups excluding tert-OH is 2. The average molecular weight is 233 g/mol. The molecular weight excluding hydrogens is 214 g/mol. The van der Waals surface area contributed by atoms with Crippen molar-refractivity contribution in [1.82, 2.24) is 5.32 Å². The molecule has 94 valence electrons. The van der Waals surface area contributed by atoms with Crippen LogP contribution in [0.3, 0.4) is 0 Å². The molecule has 1 rings (SSSR count). The topological polar surface area (TPSA) is 88.0 Å². The first kappa shape index (κ1) is 13.4. The van der Waals surface area contributed by atoms with Gasteiger partial charge in [0.15, 0.2) is 0 Å². The highest BCUT2D eigenvalue weighted by atomic mass is 16.5. The Morgan fingerprint density at radius 1 is 1.62 bits per heavy atom. The number of hydrogen-bond acceptors (Lipinski definition) is 5. The molecule has 1 fully saturated rings. The number of methoxy groups -OCH3 is 1. The van der Waals surface area contributed by atoms with E-state index in [1.165, 1.54) is 7.11 Å². The zero-order valence-electron chi connectivity index (χ0n) is 9.55. The number of carbonyl (C=O) groups is 1. The second-order valence-electron chi connectivity index (χ2n) is 3.77. The first-order valence-corrected chi connectivity index (χ1v) is 5.36.